The molecule has 1 aromatic rings. The Morgan fingerprint density at radius 1 is 1.42 bits per heavy atom. The molecule has 2 atom stereocenters. The summed E-state index contributed by atoms with van der Waals surface area (Å²) in [5.41, 5.74) is 1.81. The van der Waals surface area contributed by atoms with E-state index in [1.54, 1.807) is 0 Å². The van der Waals surface area contributed by atoms with Crippen LogP contribution in [0.1, 0.15) is 42.0 Å². The van der Waals surface area contributed by atoms with Crippen molar-refractivity contribution in [3.63, 3.8) is 0 Å². The lowest BCUT2D eigenvalue weighted by Crippen LogP contribution is -2.62. The van der Waals surface area contributed by atoms with Gasteiger partial charge in [-0.1, -0.05) is 0 Å². The van der Waals surface area contributed by atoms with Gasteiger partial charge in [-0.15, -0.1) is 11.3 Å². The molecule has 0 aromatic carbocycles. The Bertz CT molecular complexity index is 444. The predicted molar refractivity (Wildman–Crippen MR) is 82.8 cm³/mol. The summed E-state index contributed by atoms with van der Waals surface area (Å²) in [4.78, 5) is 5.68. The van der Waals surface area contributed by atoms with Gasteiger partial charge in [0.25, 0.3) is 0 Å². The maximum absolute atomic E-state index is 3.80. The molecule has 3 heteroatoms. The zero-order chi connectivity index (χ0) is 13.6. The van der Waals surface area contributed by atoms with Crippen LogP contribution in [-0.4, -0.2) is 29.6 Å². The van der Waals surface area contributed by atoms with Crippen LogP contribution in [0.3, 0.4) is 0 Å². The Morgan fingerprint density at radius 2 is 2.16 bits per heavy atom. The van der Waals surface area contributed by atoms with Crippen molar-refractivity contribution in [2.24, 2.45) is 5.92 Å². The first kappa shape index (κ1) is 13.6. The Labute approximate surface area is 121 Å². The van der Waals surface area contributed by atoms with Crippen LogP contribution in [0, 0.1) is 19.8 Å². The molecule has 0 amide bonds. The predicted octanol–water partition coefficient (Wildman–Crippen LogP) is 3.33. The lowest BCUT2D eigenvalue weighted by Gasteiger charge is -2.45. The van der Waals surface area contributed by atoms with Gasteiger partial charge in [0, 0.05) is 41.0 Å². The van der Waals surface area contributed by atoms with Crippen LogP contribution in [0.25, 0.3) is 0 Å². The van der Waals surface area contributed by atoms with E-state index in [0.717, 1.165) is 19.0 Å². The fourth-order valence-electron chi connectivity index (χ4n) is 3.28. The average molecular weight is 278 g/mol. The molecule has 19 heavy (non-hydrogen) atoms. The third-order valence-corrected chi connectivity index (χ3v) is 6.15. The van der Waals surface area contributed by atoms with Crippen molar-refractivity contribution in [2.45, 2.75) is 58.7 Å². The highest BCUT2D eigenvalue weighted by atomic mass is 32.1. The number of hydrogen-bond donors (Lipinski definition) is 1. The highest BCUT2D eigenvalue weighted by molar-refractivity contribution is 7.12. The van der Waals surface area contributed by atoms with Gasteiger partial charge in [0.2, 0.25) is 0 Å². The summed E-state index contributed by atoms with van der Waals surface area (Å²) >= 11 is 1.97. The summed E-state index contributed by atoms with van der Waals surface area (Å²) in [6.07, 6.45) is 2.84. The molecule has 1 aliphatic carbocycles. The van der Waals surface area contributed by atoms with Gasteiger partial charge in [0.15, 0.2) is 0 Å². The number of rotatable bonds is 3. The van der Waals surface area contributed by atoms with E-state index in [4.69, 9.17) is 0 Å². The Hall–Kier alpha value is -0.380. The van der Waals surface area contributed by atoms with Crippen molar-refractivity contribution in [1.82, 2.24) is 10.2 Å². The molecule has 2 nitrogen and oxygen atoms in total. The van der Waals surface area contributed by atoms with E-state index < -0.39 is 0 Å². The van der Waals surface area contributed by atoms with E-state index in [0.29, 0.717) is 11.6 Å². The van der Waals surface area contributed by atoms with Gasteiger partial charge < -0.3 is 5.32 Å². The minimum Gasteiger partial charge on any atom is -0.308 e. The quantitative estimate of drug-likeness (QED) is 0.912. The SMILES string of the molecule is Cc1cc(CN2CC(C)(C3CC3)NCC2C)sc1C. The minimum absolute atomic E-state index is 0.355. The molecule has 3 rings (SSSR count). The molecule has 1 saturated carbocycles. The van der Waals surface area contributed by atoms with Crippen molar-refractivity contribution < 1.29 is 0 Å². The molecule has 0 bridgehead atoms. The summed E-state index contributed by atoms with van der Waals surface area (Å²) in [6, 6.07) is 3.03. The van der Waals surface area contributed by atoms with Crippen LogP contribution in [0.15, 0.2) is 6.07 Å². The van der Waals surface area contributed by atoms with Gasteiger partial charge in [0.1, 0.15) is 0 Å². The Morgan fingerprint density at radius 3 is 2.74 bits per heavy atom. The summed E-state index contributed by atoms with van der Waals surface area (Å²) in [7, 11) is 0. The fraction of sp³-hybridized carbons (Fsp3) is 0.750. The summed E-state index contributed by atoms with van der Waals surface area (Å²) in [5, 5.41) is 3.80. The second-order valence-electron chi connectivity index (χ2n) is 6.78. The summed E-state index contributed by atoms with van der Waals surface area (Å²) in [5.74, 6) is 0.911. The normalized spacial score (nSPS) is 32.7. The zero-order valence-corrected chi connectivity index (χ0v) is 13.4. The van der Waals surface area contributed by atoms with E-state index in [2.05, 4.69) is 44.0 Å². The van der Waals surface area contributed by atoms with Crippen molar-refractivity contribution in [3.8, 4) is 0 Å². The molecule has 1 aliphatic heterocycles. The van der Waals surface area contributed by atoms with Crippen LogP contribution in [-0.2, 0) is 6.54 Å². The zero-order valence-electron chi connectivity index (χ0n) is 12.6. The summed E-state index contributed by atoms with van der Waals surface area (Å²) < 4.78 is 0. The first-order valence-electron chi connectivity index (χ1n) is 7.53. The van der Waals surface area contributed by atoms with Gasteiger partial charge in [0.05, 0.1) is 0 Å². The molecular weight excluding hydrogens is 252 g/mol. The van der Waals surface area contributed by atoms with Crippen molar-refractivity contribution in [3.05, 3.63) is 21.4 Å². The van der Waals surface area contributed by atoms with Gasteiger partial charge in [-0.3, -0.25) is 4.90 Å². The van der Waals surface area contributed by atoms with E-state index in [9.17, 15) is 0 Å². The molecule has 1 aromatic heterocycles. The third-order valence-electron chi connectivity index (χ3n) is 5.01. The minimum atomic E-state index is 0.355. The van der Waals surface area contributed by atoms with Gasteiger partial charge in [-0.05, 0) is 58.1 Å². The Balaban J connectivity index is 1.71. The largest absolute Gasteiger partial charge is 0.308 e. The van der Waals surface area contributed by atoms with Crippen LogP contribution < -0.4 is 5.32 Å². The van der Waals surface area contributed by atoms with Gasteiger partial charge in [-0.2, -0.15) is 0 Å². The first-order valence-corrected chi connectivity index (χ1v) is 8.34. The van der Waals surface area contributed by atoms with Crippen LogP contribution >= 0.6 is 11.3 Å². The van der Waals surface area contributed by atoms with Crippen LogP contribution in [0.5, 0.6) is 0 Å². The number of piperazine rings is 1. The van der Waals surface area contributed by atoms with Crippen molar-refractivity contribution >= 4 is 11.3 Å². The Kier molecular flexibility index (Phi) is 3.48. The topological polar surface area (TPSA) is 15.3 Å². The third kappa shape index (κ3) is 2.74. The van der Waals surface area contributed by atoms with Crippen molar-refractivity contribution in [2.75, 3.05) is 13.1 Å². The molecule has 1 saturated heterocycles. The van der Waals surface area contributed by atoms with Crippen molar-refractivity contribution in [1.29, 1.82) is 0 Å². The fourth-order valence-corrected chi connectivity index (χ4v) is 4.36. The lowest BCUT2D eigenvalue weighted by molar-refractivity contribution is 0.0779. The molecular formula is C16H26N2S. The monoisotopic (exact) mass is 278 g/mol. The average Bonchev–Trinajstić information content (AvgIpc) is 3.14. The van der Waals surface area contributed by atoms with Crippen LogP contribution in [0.2, 0.25) is 0 Å². The van der Waals surface area contributed by atoms with E-state index in [1.807, 2.05) is 11.3 Å². The summed E-state index contributed by atoms with van der Waals surface area (Å²) in [6.45, 7) is 12.7. The van der Waals surface area contributed by atoms with E-state index >= 15 is 0 Å². The maximum atomic E-state index is 3.80. The molecule has 2 aliphatic rings. The molecule has 2 fully saturated rings. The number of hydrogen-bond acceptors (Lipinski definition) is 3. The maximum Gasteiger partial charge on any atom is 0.0332 e. The van der Waals surface area contributed by atoms with Gasteiger partial charge >= 0.3 is 0 Å². The highest BCUT2D eigenvalue weighted by Crippen LogP contribution is 2.41. The number of nitrogens with zero attached hydrogens (tertiary/aromatic N) is 1. The number of thiophene rings is 1. The number of nitrogens with one attached hydrogen (secondary N) is 1. The second kappa shape index (κ2) is 4.87. The van der Waals surface area contributed by atoms with E-state index in [1.165, 1.54) is 34.7 Å². The smallest absolute Gasteiger partial charge is 0.0332 e. The molecule has 106 valence electrons. The second-order valence-corrected chi connectivity index (χ2v) is 8.12. The van der Waals surface area contributed by atoms with Gasteiger partial charge in [-0.25, -0.2) is 0 Å². The molecule has 0 spiro atoms. The van der Waals surface area contributed by atoms with E-state index in [-0.39, 0.29) is 0 Å². The molecule has 2 unspecified atom stereocenters. The highest BCUT2D eigenvalue weighted by Gasteiger charge is 2.45. The standard InChI is InChI=1S/C16H26N2S/c1-11-7-15(19-13(11)3)9-18-10-16(4,14-5-6-14)17-8-12(18)2/h7,12,14,17H,5-6,8-10H2,1-4H3. The van der Waals surface area contributed by atoms with Crippen LogP contribution in [0.4, 0.5) is 0 Å². The molecule has 0 radical (unpaired) electrons. The first-order chi connectivity index (χ1) is 8.98. The number of aryl methyl sites for hydroxylation is 2. The molecule has 2 heterocycles. The lowest BCUT2D eigenvalue weighted by atomic mass is 9.91. The molecule has 1 N–H and O–H groups in total.